The summed E-state index contributed by atoms with van der Waals surface area (Å²) in [6.07, 6.45) is 2.60. The number of pyridine rings is 1. The predicted molar refractivity (Wildman–Crippen MR) is 79.2 cm³/mol. The van der Waals surface area contributed by atoms with Gasteiger partial charge in [-0.15, -0.1) is 0 Å². The molecule has 3 aromatic rings. The molecule has 0 unspecified atom stereocenters. The Labute approximate surface area is 122 Å². The predicted octanol–water partition coefficient (Wildman–Crippen LogP) is 3.50. The highest BCUT2D eigenvalue weighted by molar-refractivity contribution is 5.46. The van der Waals surface area contributed by atoms with E-state index >= 15 is 0 Å². The van der Waals surface area contributed by atoms with Crippen LogP contribution in [-0.4, -0.2) is 10.1 Å². The van der Waals surface area contributed by atoms with E-state index in [9.17, 15) is 9.50 Å². The summed E-state index contributed by atoms with van der Waals surface area (Å²) in [5.41, 5.74) is -0.132. The van der Waals surface area contributed by atoms with Crippen LogP contribution in [0.1, 0.15) is 16.7 Å². The molecule has 3 rings (SSSR count). The third-order valence-corrected chi connectivity index (χ3v) is 3.55. The smallest absolute Gasteiger partial charge is 0.148 e. The van der Waals surface area contributed by atoms with Crippen molar-refractivity contribution >= 4 is 0 Å². The molecule has 2 aromatic carbocycles. The molecule has 3 heteroatoms. The molecular weight excluding hydrogens is 265 g/mol. The van der Waals surface area contributed by atoms with E-state index in [2.05, 4.69) is 4.98 Å². The zero-order valence-electron chi connectivity index (χ0n) is 11.3. The molecule has 1 heterocycles. The SMILES string of the molecule is OC(c1ccccc1)(c1ccccc1)c1ccncc1F. The van der Waals surface area contributed by atoms with Crippen LogP contribution in [0.2, 0.25) is 0 Å². The van der Waals surface area contributed by atoms with E-state index < -0.39 is 11.4 Å². The number of rotatable bonds is 3. The summed E-state index contributed by atoms with van der Waals surface area (Å²) in [7, 11) is 0. The molecular formula is C18H14FNO. The second-order valence-electron chi connectivity index (χ2n) is 4.80. The standard InChI is InChI=1S/C18H14FNO/c19-17-13-20-12-11-16(17)18(21,14-7-3-1-4-8-14)15-9-5-2-6-10-15/h1-13,21H. The quantitative estimate of drug-likeness (QED) is 0.796. The van der Waals surface area contributed by atoms with Crippen LogP contribution < -0.4 is 0 Å². The van der Waals surface area contributed by atoms with E-state index in [1.807, 2.05) is 36.4 Å². The van der Waals surface area contributed by atoms with Crippen LogP contribution in [0, 0.1) is 5.82 Å². The molecule has 104 valence electrons. The number of aliphatic hydroxyl groups is 1. The van der Waals surface area contributed by atoms with Crippen molar-refractivity contribution in [3.63, 3.8) is 0 Å². The molecule has 0 aliphatic carbocycles. The summed E-state index contributed by atoms with van der Waals surface area (Å²) < 4.78 is 14.2. The number of hydrogen-bond donors (Lipinski definition) is 1. The van der Waals surface area contributed by atoms with Crippen molar-refractivity contribution in [2.75, 3.05) is 0 Å². The van der Waals surface area contributed by atoms with Gasteiger partial charge in [-0.05, 0) is 17.2 Å². The number of nitrogens with zero attached hydrogens (tertiary/aromatic N) is 1. The Hall–Kier alpha value is -2.52. The fourth-order valence-electron chi connectivity index (χ4n) is 2.50. The number of benzene rings is 2. The van der Waals surface area contributed by atoms with Gasteiger partial charge in [0.2, 0.25) is 0 Å². The molecule has 0 atom stereocenters. The summed E-state index contributed by atoms with van der Waals surface area (Å²) >= 11 is 0. The minimum atomic E-state index is -1.55. The Bertz CT molecular complexity index is 689. The molecule has 0 amide bonds. The van der Waals surface area contributed by atoms with Crippen molar-refractivity contribution in [2.24, 2.45) is 0 Å². The Morgan fingerprint density at radius 2 is 1.33 bits per heavy atom. The van der Waals surface area contributed by atoms with Crippen molar-refractivity contribution in [1.82, 2.24) is 4.98 Å². The van der Waals surface area contributed by atoms with E-state index in [0.29, 0.717) is 11.1 Å². The Morgan fingerprint density at radius 3 is 1.81 bits per heavy atom. The lowest BCUT2D eigenvalue weighted by Gasteiger charge is -2.30. The van der Waals surface area contributed by atoms with Gasteiger partial charge in [-0.1, -0.05) is 60.7 Å². The largest absolute Gasteiger partial charge is 0.376 e. The summed E-state index contributed by atoms with van der Waals surface area (Å²) in [4.78, 5) is 3.76. The van der Waals surface area contributed by atoms with Crippen LogP contribution in [0.4, 0.5) is 4.39 Å². The molecule has 0 aliphatic rings. The molecule has 0 saturated heterocycles. The first-order valence-corrected chi connectivity index (χ1v) is 6.66. The van der Waals surface area contributed by atoms with Crippen molar-refractivity contribution < 1.29 is 9.50 Å². The highest BCUT2D eigenvalue weighted by atomic mass is 19.1. The topological polar surface area (TPSA) is 33.1 Å². The van der Waals surface area contributed by atoms with Gasteiger partial charge >= 0.3 is 0 Å². The molecule has 0 spiro atoms. The lowest BCUT2D eigenvalue weighted by molar-refractivity contribution is 0.121. The van der Waals surface area contributed by atoms with Gasteiger partial charge in [0.25, 0.3) is 0 Å². The van der Waals surface area contributed by atoms with Crippen molar-refractivity contribution in [3.8, 4) is 0 Å². The summed E-state index contributed by atoms with van der Waals surface area (Å²) in [6.45, 7) is 0. The van der Waals surface area contributed by atoms with Gasteiger partial charge < -0.3 is 5.11 Å². The maximum Gasteiger partial charge on any atom is 0.148 e. The molecule has 0 bridgehead atoms. The second-order valence-corrected chi connectivity index (χ2v) is 4.80. The first-order valence-electron chi connectivity index (χ1n) is 6.66. The van der Waals surface area contributed by atoms with Crippen molar-refractivity contribution in [3.05, 3.63) is 102 Å². The van der Waals surface area contributed by atoms with Crippen LogP contribution in [0.25, 0.3) is 0 Å². The van der Waals surface area contributed by atoms with Gasteiger partial charge in [-0.2, -0.15) is 0 Å². The number of halogens is 1. The minimum Gasteiger partial charge on any atom is -0.376 e. The normalized spacial score (nSPS) is 11.3. The van der Waals surface area contributed by atoms with Crippen LogP contribution in [-0.2, 0) is 5.60 Å². The molecule has 1 aromatic heterocycles. The van der Waals surface area contributed by atoms with Crippen molar-refractivity contribution in [1.29, 1.82) is 0 Å². The minimum absolute atomic E-state index is 0.190. The Balaban J connectivity index is 2.29. The van der Waals surface area contributed by atoms with Gasteiger partial charge in [0, 0.05) is 11.8 Å². The fraction of sp³-hybridized carbons (Fsp3) is 0.0556. The van der Waals surface area contributed by atoms with E-state index in [-0.39, 0.29) is 5.56 Å². The maximum atomic E-state index is 14.2. The number of hydrogen-bond acceptors (Lipinski definition) is 2. The average Bonchev–Trinajstić information content (AvgIpc) is 2.56. The Morgan fingerprint density at radius 1 is 0.810 bits per heavy atom. The zero-order valence-corrected chi connectivity index (χ0v) is 11.3. The molecule has 21 heavy (non-hydrogen) atoms. The lowest BCUT2D eigenvalue weighted by atomic mass is 9.80. The first-order chi connectivity index (χ1) is 10.2. The second kappa shape index (κ2) is 5.46. The number of aromatic nitrogens is 1. The molecule has 0 radical (unpaired) electrons. The van der Waals surface area contributed by atoms with Crippen LogP contribution >= 0.6 is 0 Å². The average molecular weight is 279 g/mol. The van der Waals surface area contributed by atoms with Gasteiger partial charge in [-0.3, -0.25) is 4.98 Å². The third kappa shape index (κ3) is 2.32. The van der Waals surface area contributed by atoms with E-state index in [1.54, 1.807) is 24.3 Å². The van der Waals surface area contributed by atoms with Gasteiger partial charge in [0.15, 0.2) is 0 Å². The lowest BCUT2D eigenvalue weighted by Crippen LogP contribution is -2.30. The maximum absolute atomic E-state index is 14.2. The third-order valence-electron chi connectivity index (χ3n) is 3.55. The van der Waals surface area contributed by atoms with Crippen LogP contribution in [0.15, 0.2) is 79.1 Å². The van der Waals surface area contributed by atoms with E-state index in [4.69, 9.17) is 0 Å². The molecule has 1 N–H and O–H groups in total. The molecule has 0 aliphatic heterocycles. The molecule has 0 fully saturated rings. The van der Waals surface area contributed by atoms with E-state index in [1.165, 1.54) is 12.3 Å². The van der Waals surface area contributed by atoms with Crippen molar-refractivity contribution in [2.45, 2.75) is 5.60 Å². The summed E-state index contributed by atoms with van der Waals surface area (Å²) in [6, 6.07) is 19.7. The van der Waals surface area contributed by atoms with Gasteiger partial charge in [0.1, 0.15) is 11.4 Å². The molecule has 0 saturated carbocycles. The summed E-state index contributed by atoms with van der Waals surface area (Å²) in [5, 5.41) is 11.3. The van der Waals surface area contributed by atoms with Gasteiger partial charge in [-0.25, -0.2) is 4.39 Å². The monoisotopic (exact) mass is 279 g/mol. The van der Waals surface area contributed by atoms with E-state index in [0.717, 1.165) is 6.20 Å². The Kier molecular flexibility index (Phi) is 3.50. The highest BCUT2D eigenvalue weighted by Crippen LogP contribution is 2.37. The van der Waals surface area contributed by atoms with Crippen LogP contribution in [0.5, 0.6) is 0 Å². The zero-order chi connectivity index (χ0) is 14.7. The summed E-state index contributed by atoms with van der Waals surface area (Å²) in [5.74, 6) is -0.535. The highest BCUT2D eigenvalue weighted by Gasteiger charge is 2.35. The first kappa shape index (κ1) is 13.5. The van der Waals surface area contributed by atoms with Crippen LogP contribution in [0.3, 0.4) is 0 Å². The molecule has 2 nitrogen and oxygen atoms in total. The van der Waals surface area contributed by atoms with Gasteiger partial charge in [0.05, 0.1) is 6.20 Å². The fourth-order valence-corrected chi connectivity index (χ4v) is 2.50.